The Labute approximate surface area is 443 Å². The third-order valence-corrected chi connectivity index (χ3v) is 17.5. The van der Waals surface area contributed by atoms with Crippen LogP contribution in [0.4, 0.5) is 4.39 Å². The molecule has 1 aromatic heterocycles. The molecule has 3 fully saturated rings. The summed E-state index contributed by atoms with van der Waals surface area (Å²) < 4.78 is 55.9. The van der Waals surface area contributed by atoms with E-state index in [1.54, 1.807) is 25.8 Å². The Kier molecular flexibility index (Phi) is 23.1. The number of carbonyl (C=O) groups excluding carboxylic acids is 1. The number of aliphatic hydroxyl groups is 2. The van der Waals surface area contributed by atoms with Crippen LogP contribution in [-0.2, 0) is 46.2 Å². The number of hydrogen-bond donors (Lipinski definition) is 3. The number of aliphatic hydroxyl groups excluding tert-OH is 1. The Morgan fingerprint density at radius 2 is 1.71 bits per heavy atom. The molecule has 0 bridgehead atoms. The number of benzene rings is 1. The Morgan fingerprint density at radius 3 is 2.34 bits per heavy atom. The van der Waals surface area contributed by atoms with Gasteiger partial charge in [0.1, 0.15) is 36.6 Å². The van der Waals surface area contributed by atoms with Crippen molar-refractivity contribution in [2.24, 2.45) is 29.1 Å². The quantitative estimate of drug-likeness (QED) is 0.0915. The number of esters is 1. The van der Waals surface area contributed by atoms with Crippen LogP contribution in [-0.4, -0.2) is 174 Å². The lowest BCUT2D eigenvalue weighted by atomic mass is 9.66. The minimum Gasteiger partial charge on any atom is -0.459 e. The fourth-order valence-corrected chi connectivity index (χ4v) is 13.1. The Hall–Kier alpha value is -2.29. The maximum absolute atomic E-state index is 14.9. The fraction of sp³-hybridized carbons (Fsp3) is 0.839. The summed E-state index contributed by atoms with van der Waals surface area (Å²) in [4.78, 5) is 19.1. The molecule has 1 aromatic carbocycles. The number of aromatic nitrogens is 3. The molecule has 5 rings (SSSR count). The Balaban J connectivity index is 1.38. The van der Waals surface area contributed by atoms with Gasteiger partial charge in [0.2, 0.25) is 0 Å². The van der Waals surface area contributed by atoms with Crippen LogP contribution in [0.15, 0.2) is 30.5 Å². The monoisotopic (exact) mass is 1050 g/mol. The van der Waals surface area contributed by atoms with E-state index in [-0.39, 0.29) is 42.1 Å². The van der Waals surface area contributed by atoms with Crippen LogP contribution in [0.2, 0.25) is 0 Å². The summed E-state index contributed by atoms with van der Waals surface area (Å²) in [5.74, 6) is -0.521. The van der Waals surface area contributed by atoms with Gasteiger partial charge < -0.3 is 53.8 Å². The molecule has 3 aliphatic rings. The molecule has 3 saturated heterocycles. The lowest BCUT2D eigenvalue weighted by molar-refractivity contribution is -0.259. The zero-order valence-corrected chi connectivity index (χ0v) is 48.3. The third-order valence-electron chi connectivity index (χ3n) is 16.9. The molecule has 4 heterocycles. The summed E-state index contributed by atoms with van der Waals surface area (Å²) in [6.45, 7) is 24.9. The number of rotatable bonds is 19. The number of halogens is 1. The molecule has 15 nitrogen and oxygen atoms in total. The van der Waals surface area contributed by atoms with Crippen molar-refractivity contribution in [1.82, 2.24) is 30.1 Å². The molecule has 0 aliphatic carbocycles. The van der Waals surface area contributed by atoms with Gasteiger partial charge in [-0.05, 0) is 103 Å². The standard InChI is InChI=1S/C56H97FN6O9S/c1-17-47-56(11,66)51(64)40(7)62(13)33-35(2)28-54(8,9)52(38(5)49(39(6)53(65)71-47)46-30-55(10,68-15)29-37(4)69-46)72-48-27-44(26-36(3)70-48)61(12)24-22-43-34-63(60-59-43)45(31-57)50(67-14)42-20-18-41(19-21-42)32-58-23-25-73-16/h18-21,34-40,44-52,58,64,66H,17,22-33H2,1-16H3/t35-,36-,37+,38+,39-,40-,44+,45-,46?,47-,48+,49+,50-,51-,52-,55+,56-/m1/s1. The van der Waals surface area contributed by atoms with Gasteiger partial charge in [-0.15, -0.1) is 5.10 Å². The minimum absolute atomic E-state index is 0.0941. The molecule has 3 aliphatic heterocycles. The van der Waals surface area contributed by atoms with Gasteiger partial charge in [0, 0.05) is 96.0 Å². The smallest absolute Gasteiger partial charge is 0.309 e. The fourth-order valence-electron chi connectivity index (χ4n) is 12.7. The second-order valence-corrected chi connectivity index (χ2v) is 24.5. The zero-order chi connectivity index (χ0) is 54.0. The Morgan fingerprint density at radius 1 is 1.01 bits per heavy atom. The van der Waals surface area contributed by atoms with Crippen LogP contribution in [0, 0.1) is 29.1 Å². The molecule has 17 atom stereocenters. The van der Waals surface area contributed by atoms with E-state index in [1.807, 2.05) is 57.9 Å². The van der Waals surface area contributed by atoms with E-state index in [0.29, 0.717) is 45.2 Å². The van der Waals surface area contributed by atoms with Crippen LogP contribution in [0.5, 0.6) is 0 Å². The van der Waals surface area contributed by atoms with Crippen molar-refractivity contribution in [2.75, 3.05) is 66.6 Å². The van der Waals surface area contributed by atoms with Crippen molar-refractivity contribution < 1.29 is 47.8 Å². The van der Waals surface area contributed by atoms with Crippen LogP contribution in [0.25, 0.3) is 0 Å². The minimum atomic E-state index is -1.71. The number of carbonyl (C=O) groups is 1. The predicted octanol–water partition coefficient (Wildman–Crippen LogP) is 8.06. The third kappa shape index (κ3) is 15.9. The topological polar surface area (TPSA) is 162 Å². The lowest BCUT2D eigenvalue weighted by Crippen LogP contribution is -2.59. The highest BCUT2D eigenvalue weighted by Crippen LogP contribution is 2.47. The first kappa shape index (κ1) is 61.6. The SMILES string of the molecule is CC[C@H]1OC(=O)[C@H](C)[C@@H](C2C[C@@](C)(OC)C[C@H](C)O2)[C@H](C)[C@@H](O[C@H]2C[C@@H](N(C)CCc3cn([C@H](CF)[C@H](OC)c4ccc(CNCCSC)cc4)nn3)C[C@@H](C)O2)C(C)(C)C[C@@H](C)CN(C)[C@H](C)[C@@H](O)[C@]1(C)O. The molecule has 0 amide bonds. The van der Waals surface area contributed by atoms with E-state index < -0.39 is 78.0 Å². The molecule has 0 spiro atoms. The number of nitrogens with zero attached hydrogens (tertiary/aromatic N) is 5. The molecule has 0 radical (unpaired) electrons. The summed E-state index contributed by atoms with van der Waals surface area (Å²) >= 11 is 1.81. The van der Waals surface area contributed by atoms with Gasteiger partial charge >= 0.3 is 5.97 Å². The first-order valence-corrected chi connectivity index (χ1v) is 28.6. The van der Waals surface area contributed by atoms with Crippen LogP contribution < -0.4 is 5.32 Å². The molecule has 2 aromatic rings. The van der Waals surface area contributed by atoms with Crippen LogP contribution in [0.1, 0.15) is 144 Å². The van der Waals surface area contributed by atoms with Crippen LogP contribution in [0.3, 0.4) is 0 Å². The van der Waals surface area contributed by atoms with Crippen molar-refractivity contribution in [3.8, 4) is 0 Å². The van der Waals surface area contributed by atoms with Crippen molar-refractivity contribution in [2.45, 2.75) is 206 Å². The van der Waals surface area contributed by atoms with E-state index in [4.69, 9.17) is 28.4 Å². The van der Waals surface area contributed by atoms with Crippen molar-refractivity contribution in [3.05, 3.63) is 47.3 Å². The van der Waals surface area contributed by atoms with Gasteiger partial charge in [-0.1, -0.05) is 71.0 Å². The number of methoxy groups -OCH3 is 2. The summed E-state index contributed by atoms with van der Waals surface area (Å²) in [5.41, 5.74) is 0.190. The first-order valence-electron chi connectivity index (χ1n) is 27.2. The van der Waals surface area contributed by atoms with Gasteiger partial charge in [-0.25, -0.2) is 9.07 Å². The number of cyclic esters (lactones) is 1. The highest BCUT2D eigenvalue weighted by Gasteiger charge is 2.52. The average Bonchev–Trinajstić information content (AvgIpc) is 3.81. The first-order chi connectivity index (χ1) is 34.4. The van der Waals surface area contributed by atoms with Gasteiger partial charge in [0.15, 0.2) is 6.29 Å². The second-order valence-electron chi connectivity index (χ2n) is 23.5. The van der Waals surface area contributed by atoms with Gasteiger partial charge in [-0.2, -0.15) is 11.8 Å². The second kappa shape index (κ2) is 27.3. The van der Waals surface area contributed by atoms with Crippen molar-refractivity contribution >= 4 is 17.7 Å². The zero-order valence-electron chi connectivity index (χ0n) is 47.5. The lowest BCUT2D eigenvalue weighted by Gasteiger charge is -2.50. The number of thioether (sulfide) groups is 1. The van der Waals surface area contributed by atoms with E-state index in [2.05, 4.69) is 99.3 Å². The van der Waals surface area contributed by atoms with E-state index in [9.17, 15) is 19.4 Å². The molecule has 73 heavy (non-hydrogen) atoms. The average molecular weight is 1050 g/mol. The summed E-state index contributed by atoms with van der Waals surface area (Å²) in [7, 11) is 7.45. The summed E-state index contributed by atoms with van der Waals surface area (Å²) in [6.07, 6.45) is 4.16. The number of ether oxygens (including phenoxy) is 6. The normalized spacial score (nSPS) is 36.3. The van der Waals surface area contributed by atoms with Crippen molar-refractivity contribution in [3.63, 3.8) is 0 Å². The maximum Gasteiger partial charge on any atom is 0.309 e. The number of alkyl halides is 1. The van der Waals surface area contributed by atoms with Crippen molar-refractivity contribution in [1.29, 1.82) is 0 Å². The highest BCUT2D eigenvalue weighted by atomic mass is 32.2. The molecule has 3 N–H and O–H groups in total. The van der Waals surface area contributed by atoms with E-state index in [1.165, 1.54) is 0 Å². The highest BCUT2D eigenvalue weighted by molar-refractivity contribution is 7.98. The van der Waals surface area contributed by atoms with Crippen LogP contribution >= 0.6 is 11.8 Å². The molecular formula is C56H97FN6O9S. The van der Waals surface area contributed by atoms with E-state index in [0.717, 1.165) is 48.5 Å². The molecule has 17 heteroatoms. The number of nitrogens with one attached hydrogen (secondary N) is 1. The molecule has 1 unspecified atom stereocenters. The van der Waals surface area contributed by atoms with Gasteiger partial charge in [-0.3, -0.25) is 4.79 Å². The summed E-state index contributed by atoms with van der Waals surface area (Å²) in [5, 5.41) is 36.1. The number of hydrogen-bond acceptors (Lipinski definition) is 15. The Bertz CT molecular complexity index is 1970. The molecule has 0 saturated carbocycles. The van der Waals surface area contributed by atoms with E-state index >= 15 is 0 Å². The van der Waals surface area contributed by atoms with Gasteiger partial charge in [0.25, 0.3) is 0 Å². The van der Waals surface area contributed by atoms with Gasteiger partial charge in [0.05, 0.1) is 41.6 Å². The largest absolute Gasteiger partial charge is 0.459 e. The molecule has 418 valence electrons. The maximum atomic E-state index is 14.9. The number of likely N-dealkylation sites (N-methyl/N-ethyl adjacent to an activating group) is 2. The summed E-state index contributed by atoms with van der Waals surface area (Å²) in [6, 6.07) is 7.15. The predicted molar refractivity (Wildman–Crippen MR) is 287 cm³/mol. The molecular weight excluding hydrogens is 952 g/mol.